The van der Waals surface area contributed by atoms with Gasteiger partial charge in [-0.2, -0.15) is 0 Å². The van der Waals surface area contributed by atoms with Crippen molar-refractivity contribution < 1.29 is 24.2 Å². The molecule has 0 spiro atoms. The van der Waals surface area contributed by atoms with Gasteiger partial charge in [0.15, 0.2) is 6.29 Å². The highest BCUT2D eigenvalue weighted by atomic mass is 16.7. The van der Waals surface area contributed by atoms with Crippen molar-refractivity contribution in [3.63, 3.8) is 0 Å². The summed E-state index contributed by atoms with van der Waals surface area (Å²) < 4.78 is 13.4. The smallest absolute Gasteiger partial charge is 0.224 e. The summed E-state index contributed by atoms with van der Waals surface area (Å²) in [6.07, 6.45) is 2.06. The molecule has 2 aliphatic heterocycles. The molecule has 2 saturated heterocycles. The molecule has 0 radical (unpaired) electrons. The highest BCUT2D eigenvalue weighted by Gasteiger charge is 2.39. The Hall–Kier alpha value is -3.60. The zero-order chi connectivity index (χ0) is 33.0. The molecular weight excluding hydrogens is 592 g/mol. The SMILES string of the molecule is CC(=O)NCCCCCC(=O)Nc1cccc(C2OC(CN3CCN(Cc4ccccc4)CC3)C(C)C(c3ccc(CO)cc3)O2)c1. The van der Waals surface area contributed by atoms with E-state index in [4.69, 9.17) is 9.47 Å². The van der Waals surface area contributed by atoms with E-state index in [1.54, 1.807) is 0 Å². The summed E-state index contributed by atoms with van der Waals surface area (Å²) in [7, 11) is 0. The Morgan fingerprint density at radius 1 is 0.830 bits per heavy atom. The van der Waals surface area contributed by atoms with Crippen molar-refractivity contribution >= 4 is 17.5 Å². The van der Waals surface area contributed by atoms with Gasteiger partial charge in [0.1, 0.15) is 0 Å². The topological polar surface area (TPSA) is 103 Å². The number of piperazine rings is 1. The van der Waals surface area contributed by atoms with Gasteiger partial charge < -0.3 is 25.2 Å². The molecule has 2 aliphatic rings. The second-order valence-electron chi connectivity index (χ2n) is 12.9. The van der Waals surface area contributed by atoms with Gasteiger partial charge in [0, 0.05) is 76.3 Å². The lowest BCUT2D eigenvalue weighted by atomic mass is 9.90. The second-order valence-corrected chi connectivity index (χ2v) is 12.9. The minimum atomic E-state index is -0.594. The lowest BCUT2D eigenvalue weighted by Crippen LogP contribution is -2.51. The fourth-order valence-corrected chi connectivity index (χ4v) is 6.39. The number of benzene rings is 3. The number of rotatable bonds is 14. The first-order chi connectivity index (χ1) is 22.9. The van der Waals surface area contributed by atoms with E-state index in [9.17, 15) is 14.7 Å². The van der Waals surface area contributed by atoms with E-state index < -0.39 is 6.29 Å². The molecule has 2 heterocycles. The van der Waals surface area contributed by atoms with Gasteiger partial charge in [0.05, 0.1) is 18.8 Å². The van der Waals surface area contributed by atoms with Crippen LogP contribution in [0.5, 0.6) is 0 Å². The number of aliphatic hydroxyl groups is 1. The monoisotopic (exact) mass is 642 g/mol. The highest BCUT2D eigenvalue weighted by Crippen LogP contribution is 2.42. The van der Waals surface area contributed by atoms with Crippen molar-refractivity contribution in [2.75, 3.05) is 44.6 Å². The summed E-state index contributed by atoms with van der Waals surface area (Å²) in [5.41, 5.74) is 4.85. The summed E-state index contributed by atoms with van der Waals surface area (Å²) >= 11 is 0. The minimum absolute atomic E-state index is 0.00154. The van der Waals surface area contributed by atoms with Gasteiger partial charge in [-0.05, 0) is 41.7 Å². The van der Waals surface area contributed by atoms with Gasteiger partial charge in [-0.15, -0.1) is 0 Å². The molecule has 4 unspecified atom stereocenters. The van der Waals surface area contributed by atoms with Crippen LogP contribution in [0, 0.1) is 5.92 Å². The highest BCUT2D eigenvalue weighted by molar-refractivity contribution is 5.90. The Bertz CT molecular complexity index is 1410. The van der Waals surface area contributed by atoms with Gasteiger partial charge in [0.2, 0.25) is 11.8 Å². The van der Waals surface area contributed by atoms with Crippen molar-refractivity contribution in [2.45, 2.75) is 71.2 Å². The summed E-state index contributed by atoms with van der Waals surface area (Å²) in [5.74, 6) is 0.0339. The maximum absolute atomic E-state index is 12.7. The zero-order valence-corrected chi connectivity index (χ0v) is 27.8. The van der Waals surface area contributed by atoms with E-state index in [1.807, 2.05) is 48.5 Å². The van der Waals surface area contributed by atoms with E-state index in [2.05, 4.69) is 57.7 Å². The molecule has 9 heteroatoms. The third-order valence-corrected chi connectivity index (χ3v) is 9.17. The van der Waals surface area contributed by atoms with Crippen LogP contribution in [-0.2, 0) is 32.2 Å². The summed E-state index contributed by atoms with van der Waals surface area (Å²) in [5, 5.41) is 15.4. The molecule has 3 aromatic rings. The number of hydrogen-bond acceptors (Lipinski definition) is 7. The molecular formula is C38H50N4O5. The van der Waals surface area contributed by atoms with Crippen LogP contribution in [0.25, 0.3) is 0 Å². The maximum atomic E-state index is 12.7. The van der Waals surface area contributed by atoms with Gasteiger partial charge in [-0.25, -0.2) is 0 Å². The van der Waals surface area contributed by atoms with Crippen molar-refractivity contribution in [1.82, 2.24) is 15.1 Å². The Labute approximate surface area is 279 Å². The van der Waals surface area contributed by atoms with E-state index in [0.717, 1.165) is 75.2 Å². The van der Waals surface area contributed by atoms with Crippen LogP contribution >= 0.6 is 0 Å². The Kier molecular flexibility index (Phi) is 12.9. The largest absolute Gasteiger partial charge is 0.392 e. The van der Waals surface area contributed by atoms with E-state index in [0.29, 0.717) is 18.7 Å². The summed E-state index contributed by atoms with van der Waals surface area (Å²) in [4.78, 5) is 28.7. The first-order valence-corrected chi connectivity index (χ1v) is 17.0. The van der Waals surface area contributed by atoms with Crippen molar-refractivity contribution in [1.29, 1.82) is 0 Å². The fourth-order valence-electron chi connectivity index (χ4n) is 6.39. The van der Waals surface area contributed by atoms with Crippen LogP contribution < -0.4 is 10.6 Å². The van der Waals surface area contributed by atoms with Crippen LogP contribution in [0.3, 0.4) is 0 Å². The van der Waals surface area contributed by atoms with E-state index in [-0.39, 0.29) is 36.5 Å². The standard InChI is InChI=1S/C38H50N4O5/c1-28-35(26-42-22-20-41(21-23-42)25-30-10-5-3-6-11-30)46-38(47-37(28)32-17-15-31(27-43)16-18-32)33-12-9-13-34(24-33)40-36(45)14-7-4-8-19-39-29(2)44/h3,5-6,9-13,15-18,24,28,35,37-38,43H,4,7-8,14,19-23,25-27H2,1-2H3,(H,39,44)(H,40,45). The number of aliphatic hydroxyl groups excluding tert-OH is 1. The number of nitrogens with zero attached hydrogens (tertiary/aromatic N) is 2. The molecule has 2 amide bonds. The maximum Gasteiger partial charge on any atom is 0.224 e. The zero-order valence-electron chi connectivity index (χ0n) is 27.8. The molecule has 2 fully saturated rings. The third-order valence-electron chi connectivity index (χ3n) is 9.17. The Balaban J connectivity index is 1.22. The first-order valence-electron chi connectivity index (χ1n) is 17.0. The first kappa shape index (κ1) is 34.7. The normalized spacial score (nSPS) is 22.1. The lowest BCUT2D eigenvalue weighted by Gasteiger charge is -2.44. The molecule has 9 nitrogen and oxygen atoms in total. The summed E-state index contributed by atoms with van der Waals surface area (Å²) in [6.45, 7) is 10.1. The molecule has 0 saturated carbocycles. The Morgan fingerprint density at radius 3 is 2.30 bits per heavy atom. The second kappa shape index (κ2) is 17.5. The average Bonchev–Trinajstić information content (AvgIpc) is 3.08. The third kappa shape index (κ3) is 10.4. The molecule has 252 valence electrons. The number of hydrogen-bond donors (Lipinski definition) is 3. The lowest BCUT2D eigenvalue weighted by molar-refractivity contribution is -0.276. The average molecular weight is 643 g/mol. The van der Waals surface area contributed by atoms with Gasteiger partial charge in [-0.3, -0.25) is 19.4 Å². The number of carbonyl (C=O) groups excluding carboxylic acids is 2. The molecule has 0 aromatic heterocycles. The quantitative estimate of drug-likeness (QED) is 0.202. The van der Waals surface area contributed by atoms with Crippen molar-refractivity contribution in [2.24, 2.45) is 5.92 Å². The molecule has 0 bridgehead atoms. The minimum Gasteiger partial charge on any atom is -0.392 e. The van der Waals surface area contributed by atoms with Gasteiger partial charge in [-0.1, -0.05) is 80.1 Å². The number of ether oxygens (including phenoxy) is 2. The number of amides is 2. The number of unbranched alkanes of at least 4 members (excludes halogenated alkanes) is 2. The van der Waals surface area contributed by atoms with Crippen LogP contribution in [0.4, 0.5) is 5.69 Å². The summed E-state index contributed by atoms with van der Waals surface area (Å²) in [6, 6.07) is 26.4. The molecule has 5 rings (SSSR count). The molecule has 3 N–H and O–H groups in total. The predicted molar refractivity (Wildman–Crippen MR) is 183 cm³/mol. The number of carbonyl (C=O) groups is 2. The van der Waals surface area contributed by atoms with Gasteiger partial charge in [0.25, 0.3) is 0 Å². The molecule has 0 aliphatic carbocycles. The molecule has 47 heavy (non-hydrogen) atoms. The van der Waals surface area contributed by atoms with Crippen LogP contribution in [0.1, 0.15) is 74.2 Å². The number of nitrogens with one attached hydrogen (secondary N) is 2. The van der Waals surface area contributed by atoms with Crippen LogP contribution in [-0.4, -0.2) is 72.1 Å². The van der Waals surface area contributed by atoms with E-state index in [1.165, 1.54) is 12.5 Å². The van der Waals surface area contributed by atoms with Crippen LogP contribution in [0.15, 0.2) is 78.9 Å². The number of anilines is 1. The predicted octanol–water partition coefficient (Wildman–Crippen LogP) is 5.42. The van der Waals surface area contributed by atoms with Crippen LogP contribution in [0.2, 0.25) is 0 Å². The van der Waals surface area contributed by atoms with E-state index >= 15 is 0 Å². The molecule has 4 atom stereocenters. The Morgan fingerprint density at radius 2 is 1.57 bits per heavy atom. The van der Waals surface area contributed by atoms with Crippen molar-refractivity contribution in [3.8, 4) is 0 Å². The van der Waals surface area contributed by atoms with Crippen molar-refractivity contribution in [3.05, 3.63) is 101 Å². The van der Waals surface area contributed by atoms with Gasteiger partial charge >= 0.3 is 0 Å². The molecule has 3 aromatic carbocycles. The fraction of sp³-hybridized carbons (Fsp3) is 0.474.